The molecule has 28 heavy (non-hydrogen) atoms. The van der Waals surface area contributed by atoms with Crippen molar-refractivity contribution in [3.05, 3.63) is 75.8 Å². The Hall–Kier alpha value is -3.04. The van der Waals surface area contributed by atoms with Gasteiger partial charge < -0.3 is 10.6 Å². The van der Waals surface area contributed by atoms with Crippen LogP contribution in [-0.2, 0) is 9.59 Å². The second kappa shape index (κ2) is 8.77. The minimum absolute atomic E-state index is 0.106. The van der Waals surface area contributed by atoms with E-state index < -0.39 is 0 Å². The molecule has 0 fully saturated rings. The van der Waals surface area contributed by atoms with Gasteiger partial charge in [0.1, 0.15) is 0 Å². The molecule has 0 radical (unpaired) electrons. The molecule has 0 unspecified atom stereocenters. The molecule has 2 aromatic carbocycles. The van der Waals surface area contributed by atoms with Crippen LogP contribution < -0.4 is 10.6 Å². The molecule has 0 spiro atoms. The van der Waals surface area contributed by atoms with Gasteiger partial charge in [-0.2, -0.15) is 5.26 Å². The van der Waals surface area contributed by atoms with Crippen LogP contribution >= 0.6 is 11.8 Å². The molecule has 1 heterocycles. The quantitative estimate of drug-likeness (QED) is 0.807. The van der Waals surface area contributed by atoms with Crippen LogP contribution in [0.1, 0.15) is 29.0 Å². The van der Waals surface area contributed by atoms with Crippen LogP contribution in [-0.4, -0.2) is 17.6 Å². The molecule has 0 saturated carbocycles. The Morgan fingerprint density at radius 1 is 1.21 bits per heavy atom. The van der Waals surface area contributed by atoms with Crippen molar-refractivity contribution in [3.63, 3.8) is 0 Å². The molecule has 0 bridgehead atoms. The lowest BCUT2D eigenvalue weighted by molar-refractivity contribution is -0.121. The number of anilines is 1. The van der Waals surface area contributed by atoms with Crippen LogP contribution in [0.25, 0.3) is 0 Å². The summed E-state index contributed by atoms with van der Waals surface area (Å²) in [6.07, 6.45) is 0.228. The van der Waals surface area contributed by atoms with Crippen molar-refractivity contribution < 1.29 is 9.59 Å². The van der Waals surface area contributed by atoms with Gasteiger partial charge in [-0.1, -0.05) is 48.2 Å². The zero-order valence-corrected chi connectivity index (χ0v) is 16.6. The number of rotatable bonds is 5. The fourth-order valence-corrected chi connectivity index (χ4v) is 3.93. The maximum atomic E-state index is 12.3. The van der Waals surface area contributed by atoms with E-state index in [0.29, 0.717) is 10.6 Å². The van der Waals surface area contributed by atoms with Crippen LogP contribution in [0.5, 0.6) is 0 Å². The van der Waals surface area contributed by atoms with Crippen LogP contribution in [0, 0.1) is 25.2 Å². The fraction of sp³-hybridized carbons (Fsp3) is 0.227. The van der Waals surface area contributed by atoms with Crippen molar-refractivity contribution in [3.8, 4) is 6.07 Å². The first-order valence-electron chi connectivity index (χ1n) is 8.97. The summed E-state index contributed by atoms with van der Waals surface area (Å²) in [4.78, 5) is 24.5. The summed E-state index contributed by atoms with van der Waals surface area (Å²) in [5, 5.41) is 15.7. The van der Waals surface area contributed by atoms with Gasteiger partial charge in [0.05, 0.1) is 22.4 Å². The standard InChI is InChI=1S/C22H21N3O2S/c1-14-8-9-17(10-15(14)2)24-21(27)13-28-22-19(12-23)18(11-20(26)25-22)16-6-4-3-5-7-16/h3-10,18H,11,13H2,1-2H3,(H,24,27)(H,25,26)/t18-/m0/s1. The average molecular weight is 391 g/mol. The number of nitrogens with zero attached hydrogens (tertiary/aromatic N) is 1. The number of allylic oxidation sites excluding steroid dienone is 1. The lowest BCUT2D eigenvalue weighted by Gasteiger charge is -2.25. The number of nitriles is 1. The molecule has 1 aliphatic heterocycles. The summed E-state index contributed by atoms with van der Waals surface area (Å²) in [6.45, 7) is 4.01. The first-order chi connectivity index (χ1) is 13.5. The van der Waals surface area contributed by atoms with E-state index in [-0.39, 0.29) is 29.9 Å². The minimum atomic E-state index is -0.287. The molecule has 2 aromatic rings. The Balaban J connectivity index is 1.73. The number of benzene rings is 2. The van der Waals surface area contributed by atoms with Crippen LogP contribution in [0.4, 0.5) is 5.69 Å². The third-order valence-corrected chi connectivity index (χ3v) is 5.71. The number of hydrogen-bond donors (Lipinski definition) is 2. The van der Waals surface area contributed by atoms with E-state index in [1.165, 1.54) is 11.8 Å². The fourth-order valence-electron chi connectivity index (χ4n) is 3.06. The molecule has 6 heteroatoms. The molecule has 1 atom stereocenters. The van der Waals surface area contributed by atoms with Gasteiger partial charge in [-0.25, -0.2) is 0 Å². The Labute approximate surface area is 168 Å². The van der Waals surface area contributed by atoms with Gasteiger partial charge in [-0.3, -0.25) is 9.59 Å². The van der Waals surface area contributed by atoms with Crippen molar-refractivity contribution in [1.82, 2.24) is 5.32 Å². The largest absolute Gasteiger partial charge is 0.325 e. The second-order valence-electron chi connectivity index (χ2n) is 6.71. The van der Waals surface area contributed by atoms with Crippen molar-refractivity contribution in [2.75, 3.05) is 11.1 Å². The van der Waals surface area contributed by atoms with Gasteiger partial charge in [0.25, 0.3) is 0 Å². The zero-order valence-electron chi connectivity index (χ0n) is 15.8. The van der Waals surface area contributed by atoms with Gasteiger partial charge in [-0.15, -0.1) is 0 Å². The van der Waals surface area contributed by atoms with Gasteiger partial charge in [0, 0.05) is 18.0 Å². The van der Waals surface area contributed by atoms with E-state index >= 15 is 0 Å². The summed E-state index contributed by atoms with van der Waals surface area (Å²) < 4.78 is 0. The Morgan fingerprint density at radius 3 is 2.64 bits per heavy atom. The van der Waals surface area contributed by atoms with Crippen molar-refractivity contribution in [2.45, 2.75) is 26.2 Å². The van der Waals surface area contributed by atoms with E-state index in [9.17, 15) is 14.9 Å². The number of hydrogen-bond acceptors (Lipinski definition) is 4. The number of thioether (sulfide) groups is 1. The highest BCUT2D eigenvalue weighted by molar-refractivity contribution is 8.03. The Kier molecular flexibility index (Phi) is 6.17. The first kappa shape index (κ1) is 19.7. The Bertz CT molecular complexity index is 977. The highest BCUT2D eigenvalue weighted by Gasteiger charge is 2.29. The third-order valence-electron chi connectivity index (χ3n) is 4.70. The van der Waals surface area contributed by atoms with Gasteiger partial charge in [-0.05, 0) is 42.7 Å². The van der Waals surface area contributed by atoms with E-state index in [1.54, 1.807) is 0 Å². The summed E-state index contributed by atoms with van der Waals surface area (Å²) in [5.74, 6) is -0.515. The predicted octanol–water partition coefficient (Wildman–Crippen LogP) is 4.01. The lowest BCUT2D eigenvalue weighted by atomic mass is 9.87. The van der Waals surface area contributed by atoms with Crippen molar-refractivity contribution >= 4 is 29.3 Å². The van der Waals surface area contributed by atoms with E-state index in [1.807, 2.05) is 62.4 Å². The summed E-state index contributed by atoms with van der Waals surface area (Å²) in [7, 11) is 0. The maximum absolute atomic E-state index is 12.3. The minimum Gasteiger partial charge on any atom is -0.325 e. The SMILES string of the molecule is Cc1ccc(NC(=O)CSC2=C(C#N)[C@H](c3ccccc3)CC(=O)N2)cc1C. The smallest absolute Gasteiger partial charge is 0.234 e. The highest BCUT2D eigenvalue weighted by atomic mass is 32.2. The predicted molar refractivity (Wildman–Crippen MR) is 112 cm³/mol. The van der Waals surface area contributed by atoms with Crippen LogP contribution in [0.15, 0.2) is 59.1 Å². The normalized spacial score (nSPS) is 16.3. The molecule has 0 saturated heterocycles. The summed E-state index contributed by atoms with van der Waals surface area (Å²) in [5.41, 5.74) is 4.41. The topological polar surface area (TPSA) is 82.0 Å². The molecule has 0 aliphatic carbocycles. The number of aryl methyl sites for hydroxylation is 2. The van der Waals surface area contributed by atoms with Gasteiger partial charge in [0.15, 0.2) is 0 Å². The van der Waals surface area contributed by atoms with Crippen molar-refractivity contribution in [2.24, 2.45) is 0 Å². The molecule has 0 aromatic heterocycles. The zero-order chi connectivity index (χ0) is 20.1. The van der Waals surface area contributed by atoms with Gasteiger partial charge in [0.2, 0.25) is 11.8 Å². The molecular formula is C22H21N3O2S. The van der Waals surface area contributed by atoms with Crippen molar-refractivity contribution in [1.29, 1.82) is 5.26 Å². The number of amides is 2. The van der Waals surface area contributed by atoms with Crippen LogP contribution in [0.3, 0.4) is 0 Å². The second-order valence-corrected chi connectivity index (χ2v) is 7.69. The van der Waals surface area contributed by atoms with Gasteiger partial charge >= 0.3 is 0 Å². The average Bonchev–Trinajstić information content (AvgIpc) is 2.69. The number of nitrogens with one attached hydrogen (secondary N) is 2. The summed E-state index contributed by atoms with van der Waals surface area (Å²) >= 11 is 1.18. The molecule has 2 amide bonds. The van der Waals surface area contributed by atoms with E-state index in [0.717, 1.165) is 22.4 Å². The first-order valence-corrected chi connectivity index (χ1v) is 9.95. The molecule has 1 aliphatic rings. The number of carbonyl (C=O) groups excluding carboxylic acids is 2. The molecule has 142 valence electrons. The molecule has 2 N–H and O–H groups in total. The lowest BCUT2D eigenvalue weighted by Crippen LogP contribution is -2.31. The summed E-state index contributed by atoms with van der Waals surface area (Å²) in [6, 6.07) is 17.5. The third kappa shape index (κ3) is 4.62. The maximum Gasteiger partial charge on any atom is 0.234 e. The van der Waals surface area contributed by atoms with E-state index in [4.69, 9.17) is 0 Å². The monoisotopic (exact) mass is 391 g/mol. The molecule has 5 nitrogen and oxygen atoms in total. The Morgan fingerprint density at radius 2 is 1.96 bits per heavy atom. The molecular weight excluding hydrogens is 370 g/mol. The molecule has 3 rings (SSSR count). The van der Waals surface area contributed by atoms with Crippen LogP contribution in [0.2, 0.25) is 0 Å². The van der Waals surface area contributed by atoms with E-state index in [2.05, 4.69) is 16.7 Å². The number of carbonyl (C=O) groups is 2. The highest BCUT2D eigenvalue weighted by Crippen LogP contribution is 2.35.